The van der Waals surface area contributed by atoms with Gasteiger partial charge in [0.2, 0.25) is 0 Å². The minimum Gasteiger partial charge on any atom is -0.204 e. The first-order chi connectivity index (χ1) is 5.95. The van der Waals surface area contributed by atoms with Gasteiger partial charge in [-0.25, -0.2) is 8.78 Å². The van der Waals surface area contributed by atoms with Crippen LogP contribution in [0.5, 0.6) is 0 Å². The normalized spacial score (nSPS) is 11.0. The maximum Gasteiger partial charge on any atom is 0.162 e. The van der Waals surface area contributed by atoms with Crippen molar-refractivity contribution in [2.45, 2.75) is 33.6 Å². The first-order valence-corrected chi connectivity index (χ1v) is 4.40. The monoisotopic (exact) mass is 184 g/mol. The van der Waals surface area contributed by atoms with Crippen molar-refractivity contribution in [3.8, 4) is 0 Å². The summed E-state index contributed by atoms with van der Waals surface area (Å²) in [5.41, 5.74) is 2.16. The highest BCUT2D eigenvalue weighted by molar-refractivity contribution is 5.37. The van der Waals surface area contributed by atoms with E-state index in [1.165, 1.54) is 6.07 Å². The molecule has 0 amide bonds. The molecule has 0 fully saturated rings. The average molecular weight is 184 g/mol. The lowest BCUT2D eigenvalue weighted by Crippen LogP contribution is -2.02. The topological polar surface area (TPSA) is 0 Å². The van der Waals surface area contributed by atoms with Gasteiger partial charge >= 0.3 is 0 Å². The molecule has 2 heteroatoms. The Morgan fingerprint density at radius 2 is 1.69 bits per heavy atom. The van der Waals surface area contributed by atoms with Crippen LogP contribution in [0.15, 0.2) is 6.07 Å². The van der Waals surface area contributed by atoms with E-state index in [2.05, 4.69) is 0 Å². The van der Waals surface area contributed by atoms with E-state index in [0.717, 1.165) is 11.1 Å². The molecule has 0 spiro atoms. The Morgan fingerprint density at radius 1 is 1.15 bits per heavy atom. The summed E-state index contributed by atoms with van der Waals surface area (Å²) in [6.07, 6.45) is 0. The number of hydrogen-bond acceptors (Lipinski definition) is 0. The Labute approximate surface area is 77.6 Å². The van der Waals surface area contributed by atoms with Crippen molar-refractivity contribution in [3.05, 3.63) is 34.4 Å². The third-order valence-electron chi connectivity index (χ3n) is 2.36. The van der Waals surface area contributed by atoms with Gasteiger partial charge in [-0.1, -0.05) is 13.8 Å². The minimum atomic E-state index is -0.744. The lowest BCUT2D eigenvalue weighted by molar-refractivity contribution is 0.491. The number of hydrogen-bond donors (Lipinski definition) is 0. The third kappa shape index (κ3) is 1.71. The molecule has 0 radical (unpaired) electrons. The highest BCUT2D eigenvalue weighted by Gasteiger charge is 2.15. The number of aryl methyl sites for hydroxylation is 1. The van der Waals surface area contributed by atoms with Crippen LogP contribution < -0.4 is 0 Å². The molecule has 72 valence electrons. The van der Waals surface area contributed by atoms with E-state index in [0.29, 0.717) is 5.56 Å². The summed E-state index contributed by atoms with van der Waals surface area (Å²) in [7, 11) is 0. The molecule has 0 N–H and O–H groups in total. The SMILES string of the molecule is Cc1cc(F)c(F)c(C(C)C)c1C. The fourth-order valence-electron chi connectivity index (χ4n) is 1.55. The molecule has 1 aromatic rings. The summed E-state index contributed by atoms with van der Waals surface area (Å²) in [5, 5.41) is 0. The Bertz CT molecular complexity index is 301. The lowest BCUT2D eigenvalue weighted by atomic mass is 9.94. The first-order valence-electron chi connectivity index (χ1n) is 4.40. The average Bonchev–Trinajstić information content (AvgIpc) is 2.01. The molecule has 1 aromatic carbocycles. The smallest absolute Gasteiger partial charge is 0.162 e. The summed E-state index contributed by atoms with van der Waals surface area (Å²) in [6, 6.07) is 1.25. The van der Waals surface area contributed by atoms with Crippen molar-refractivity contribution < 1.29 is 8.78 Å². The molecule has 0 saturated carbocycles. The molecule has 0 saturated heterocycles. The molecular weight excluding hydrogens is 170 g/mol. The van der Waals surface area contributed by atoms with Crippen LogP contribution in [0.25, 0.3) is 0 Å². The summed E-state index contributed by atoms with van der Waals surface area (Å²) < 4.78 is 26.3. The molecule has 0 unspecified atom stereocenters. The summed E-state index contributed by atoms with van der Waals surface area (Å²) in [5.74, 6) is -1.42. The molecule has 13 heavy (non-hydrogen) atoms. The van der Waals surface area contributed by atoms with Gasteiger partial charge in [-0.05, 0) is 42.5 Å². The van der Waals surface area contributed by atoms with E-state index < -0.39 is 11.6 Å². The van der Waals surface area contributed by atoms with E-state index in [9.17, 15) is 8.78 Å². The van der Waals surface area contributed by atoms with Crippen molar-refractivity contribution in [1.29, 1.82) is 0 Å². The second kappa shape index (κ2) is 3.44. The first kappa shape index (κ1) is 10.2. The number of rotatable bonds is 1. The summed E-state index contributed by atoms with van der Waals surface area (Å²) in [4.78, 5) is 0. The molecule has 0 bridgehead atoms. The maximum atomic E-state index is 13.3. The molecule has 0 aliphatic carbocycles. The molecular formula is C11H14F2. The van der Waals surface area contributed by atoms with Crippen LogP contribution in [0.3, 0.4) is 0 Å². The van der Waals surface area contributed by atoms with Crippen molar-refractivity contribution in [3.63, 3.8) is 0 Å². The fraction of sp³-hybridized carbons (Fsp3) is 0.455. The zero-order valence-corrected chi connectivity index (χ0v) is 8.41. The van der Waals surface area contributed by atoms with Crippen LogP contribution in [0.1, 0.15) is 36.5 Å². The van der Waals surface area contributed by atoms with E-state index in [-0.39, 0.29) is 5.92 Å². The van der Waals surface area contributed by atoms with E-state index in [4.69, 9.17) is 0 Å². The van der Waals surface area contributed by atoms with Crippen molar-refractivity contribution in [2.24, 2.45) is 0 Å². The van der Waals surface area contributed by atoms with Crippen molar-refractivity contribution in [1.82, 2.24) is 0 Å². The van der Waals surface area contributed by atoms with Crippen LogP contribution in [0, 0.1) is 25.5 Å². The molecule has 0 aromatic heterocycles. The Morgan fingerprint density at radius 3 is 2.15 bits per heavy atom. The van der Waals surface area contributed by atoms with Gasteiger partial charge in [0.15, 0.2) is 11.6 Å². The Balaban J connectivity index is 3.46. The predicted octanol–water partition coefficient (Wildman–Crippen LogP) is 3.71. The Hall–Kier alpha value is -0.920. The fourth-order valence-corrected chi connectivity index (χ4v) is 1.55. The van der Waals surface area contributed by atoms with Crippen LogP contribution >= 0.6 is 0 Å². The van der Waals surface area contributed by atoms with E-state index in [1.807, 2.05) is 20.8 Å². The van der Waals surface area contributed by atoms with Crippen LogP contribution in [0.4, 0.5) is 8.78 Å². The molecule has 0 aliphatic heterocycles. The van der Waals surface area contributed by atoms with Gasteiger partial charge < -0.3 is 0 Å². The maximum absolute atomic E-state index is 13.3. The second-order valence-electron chi connectivity index (χ2n) is 3.68. The third-order valence-corrected chi connectivity index (χ3v) is 2.36. The summed E-state index contributed by atoms with van der Waals surface area (Å²) in [6.45, 7) is 7.35. The standard InChI is InChI=1S/C11H14F2/c1-6(2)10-8(4)7(3)5-9(12)11(10)13/h5-6H,1-4H3. The molecule has 1 rings (SSSR count). The zero-order chi connectivity index (χ0) is 10.2. The summed E-state index contributed by atoms with van der Waals surface area (Å²) >= 11 is 0. The van der Waals surface area contributed by atoms with Gasteiger partial charge in [-0.2, -0.15) is 0 Å². The largest absolute Gasteiger partial charge is 0.204 e. The van der Waals surface area contributed by atoms with Gasteiger partial charge in [-0.15, -0.1) is 0 Å². The van der Waals surface area contributed by atoms with Gasteiger partial charge in [0, 0.05) is 0 Å². The molecule has 0 aliphatic rings. The van der Waals surface area contributed by atoms with E-state index in [1.54, 1.807) is 6.92 Å². The van der Waals surface area contributed by atoms with E-state index >= 15 is 0 Å². The molecule has 0 heterocycles. The number of benzene rings is 1. The van der Waals surface area contributed by atoms with Crippen LogP contribution in [-0.2, 0) is 0 Å². The van der Waals surface area contributed by atoms with Crippen LogP contribution in [-0.4, -0.2) is 0 Å². The minimum absolute atomic E-state index is 0.0226. The highest BCUT2D eigenvalue weighted by Crippen LogP contribution is 2.26. The Kier molecular flexibility index (Phi) is 2.69. The van der Waals surface area contributed by atoms with Gasteiger partial charge in [0.05, 0.1) is 0 Å². The molecule has 0 atom stereocenters. The quantitative estimate of drug-likeness (QED) is 0.624. The van der Waals surface area contributed by atoms with Gasteiger partial charge in [0.25, 0.3) is 0 Å². The van der Waals surface area contributed by atoms with Crippen molar-refractivity contribution >= 4 is 0 Å². The zero-order valence-electron chi connectivity index (χ0n) is 8.41. The van der Waals surface area contributed by atoms with Gasteiger partial charge in [0.1, 0.15) is 0 Å². The number of halogens is 2. The van der Waals surface area contributed by atoms with Crippen LogP contribution in [0.2, 0.25) is 0 Å². The molecule has 0 nitrogen and oxygen atoms in total. The second-order valence-corrected chi connectivity index (χ2v) is 3.68. The van der Waals surface area contributed by atoms with Crippen molar-refractivity contribution in [2.75, 3.05) is 0 Å². The van der Waals surface area contributed by atoms with Gasteiger partial charge in [-0.3, -0.25) is 0 Å². The highest BCUT2D eigenvalue weighted by atomic mass is 19.2. The lowest BCUT2D eigenvalue weighted by Gasteiger charge is -2.13. The predicted molar refractivity (Wildman–Crippen MR) is 49.9 cm³/mol.